The van der Waals surface area contributed by atoms with Gasteiger partial charge in [0, 0.05) is 55.6 Å². The van der Waals surface area contributed by atoms with Crippen LogP contribution in [0.15, 0.2) is 47.4 Å². The maximum atomic E-state index is 13.0. The summed E-state index contributed by atoms with van der Waals surface area (Å²) in [4.78, 5) is 101. The van der Waals surface area contributed by atoms with Gasteiger partial charge < -0.3 is 30.6 Å². The van der Waals surface area contributed by atoms with Crippen LogP contribution < -0.4 is 21.9 Å². The molecule has 0 radical (unpaired) electrons. The maximum absolute atomic E-state index is 13.0. The summed E-state index contributed by atoms with van der Waals surface area (Å²) in [5, 5.41) is 5.77. The number of benzene rings is 1. The highest BCUT2D eigenvalue weighted by Gasteiger charge is 2.25. The van der Waals surface area contributed by atoms with Crippen molar-refractivity contribution in [2.24, 2.45) is 0 Å². The SMILES string of the molecule is COC(=O)[C@H](CCC(=O)CCCOC(C)(C)OCCCC(=O)CCN1C(=O)C=CC1=O)NC(=O)c1ccc(NCc2cnc3nc(N)[nH]c(=O)c3n2)cc1. The molecule has 1 aliphatic rings. The molecule has 0 saturated heterocycles. The van der Waals surface area contributed by atoms with E-state index < -0.39 is 41.1 Å². The fourth-order valence-corrected chi connectivity index (χ4v) is 5.28. The predicted octanol–water partition coefficient (Wildman–Crippen LogP) is 1.74. The van der Waals surface area contributed by atoms with Gasteiger partial charge in [0.2, 0.25) is 5.95 Å². The van der Waals surface area contributed by atoms with E-state index >= 15 is 0 Å². The van der Waals surface area contributed by atoms with Crippen LogP contribution in [0.2, 0.25) is 0 Å². The fraction of sp³-hybridized carbons (Fsp3) is 0.444. The average Bonchev–Trinajstić information content (AvgIpc) is 3.47. The second-order valence-corrected chi connectivity index (χ2v) is 12.8. The number of nitrogens with two attached hydrogens (primary N) is 1. The number of methoxy groups -OCH3 is 1. The molecular formula is C36H44N8O10. The van der Waals surface area contributed by atoms with Crippen LogP contribution in [0.4, 0.5) is 11.6 Å². The number of nitrogens with one attached hydrogen (secondary N) is 3. The number of anilines is 2. The molecule has 18 nitrogen and oxygen atoms in total. The van der Waals surface area contributed by atoms with Crippen LogP contribution in [0, 0.1) is 0 Å². The number of Topliss-reactive ketones (excluding diaryl/α,β-unsaturated/α-hetero) is 2. The van der Waals surface area contributed by atoms with Crippen molar-refractivity contribution in [3.63, 3.8) is 0 Å². The number of nitrogens with zero attached hydrogens (tertiary/aromatic N) is 4. The van der Waals surface area contributed by atoms with Crippen molar-refractivity contribution in [1.29, 1.82) is 0 Å². The summed E-state index contributed by atoms with van der Waals surface area (Å²) in [7, 11) is 1.20. The number of imide groups is 1. The number of ether oxygens (including phenoxy) is 3. The second-order valence-electron chi connectivity index (χ2n) is 12.8. The number of aromatic nitrogens is 4. The minimum Gasteiger partial charge on any atom is -0.467 e. The number of hydrogen-bond acceptors (Lipinski definition) is 15. The molecule has 18 heteroatoms. The lowest BCUT2D eigenvalue weighted by Crippen LogP contribution is -2.41. The van der Waals surface area contributed by atoms with Gasteiger partial charge in [-0.25, -0.2) is 14.8 Å². The highest BCUT2D eigenvalue weighted by molar-refractivity contribution is 6.13. The zero-order valence-corrected chi connectivity index (χ0v) is 30.3. The standard InChI is InChI=1S/C36H44N8O10/c1-36(2,54-19-5-7-26(46)16-17-44-28(47)14-15-29(44)48)53-18-4-6-25(45)12-13-27(34(51)52-3)41-32(49)22-8-10-23(11-9-22)38-20-24-21-39-31-30(40-24)33(50)43-35(37)42-31/h8-11,14-15,21,27,38H,4-7,12-13,16-20H2,1-3H3,(H,41,49)(H3,37,39,42,43,50)/t27-/m0/s1. The molecule has 4 rings (SSSR count). The molecular weight excluding hydrogens is 704 g/mol. The van der Waals surface area contributed by atoms with E-state index in [-0.39, 0.29) is 92.6 Å². The predicted molar refractivity (Wildman–Crippen MR) is 194 cm³/mol. The lowest BCUT2D eigenvalue weighted by atomic mass is 10.1. The Balaban J connectivity index is 1.12. The van der Waals surface area contributed by atoms with Gasteiger partial charge in [0.1, 0.15) is 17.6 Å². The van der Waals surface area contributed by atoms with Crippen molar-refractivity contribution >= 4 is 58.1 Å². The van der Waals surface area contributed by atoms with Crippen molar-refractivity contribution in [1.82, 2.24) is 30.2 Å². The van der Waals surface area contributed by atoms with Gasteiger partial charge in [-0.1, -0.05) is 0 Å². The number of carbonyl (C=O) groups is 6. The number of fused-ring (bicyclic) bond motifs is 1. The Bertz CT molecular complexity index is 1930. The minimum atomic E-state index is -1.04. The fourth-order valence-electron chi connectivity index (χ4n) is 5.28. The first-order valence-corrected chi connectivity index (χ1v) is 17.3. The molecule has 0 spiro atoms. The van der Waals surface area contributed by atoms with E-state index in [1.54, 1.807) is 38.1 Å². The number of aromatic amines is 1. The van der Waals surface area contributed by atoms with Gasteiger partial charge in [-0.3, -0.25) is 38.7 Å². The Morgan fingerprint density at radius 3 is 2.17 bits per heavy atom. The molecule has 5 N–H and O–H groups in total. The number of esters is 1. The third-order valence-electron chi connectivity index (χ3n) is 8.22. The molecule has 1 aromatic carbocycles. The van der Waals surface area contributed by atoms with Crippen LogP contribution in [-0.2, 0) is 44.7 Å². The number of amides is 3. The van der Waals surface area contributed by atoms with E-state index in [2.05, 4.69) is 30.6 Å². The van der Waals surface area contributed by atoms with Crippen molar-refractivity contribution in [2.45, 2.75) is 77.2 Å². The van der Waals surface area contributed by atoms with E-state index in [4.69, 9.17) is 19.9 Å². The minimum absolute atomic E-state index is 0.0282. The van der Waals surface area contributed by atoms with Crippen LogP contribution in [0.1, 0.15) is 74.8 Å². The normalized spacial score (nSPS) is 13.3. The molecule has 0 saturated carbocycles. The first-order chi connectivity index (χ1) is 25.7. The van der Waals surface area contributed by atoms with Crippen LogP contribution >= 0.6 is 0 Å². The second kappa shape index (κ2) is 19.3. The Morgan fingerprint density at radius 2 is 1.54 bits per heavy atom. The molecule has 0 unspecified atom stereocenters. The summed E-state index contributed by atoms with van der Waals surface area (Å²) in [6.45, 7) is 4.22. The Morgan fingerprint density at radius 1 is 0.907 bits per heavy atom. The Hall–Kier alpha value is -5.88. The average molecular weight is 749 g/mol. The molecule has 3 aromatic rings. The van der Waals surface area contributed by atoms with Gasteiger partial charge in [-0.15, -0.1) is 0 Å². The number of H-pyrrole nitrogens is 1. The number of carbonyl (C=O) groups excluding carboxylic acids is 6. The van der Waals surface area contributed by atoms with Crippen LogP contribution in [-0.4, -0.2) is 98.8 Å². The van der Waals surface area contributed by atoms with Crippen molar-refractivity contribution in [3.05, 3.63) is 64.2 Å². The van der Waals surface area contributed by atoms with Gasteiger partial charge in [0.25, 0.3) is 23.3 Å². The van der Waals surface area contributed by atoms with E-state index in [1.165, 1.54) is 25.5 Å². The number of ketones is 2. The highest BCUT2D eigenvalue weighted by Crippen LogP contribution is 2.16. The molecule has 0 fully saturated rings. The van der Waals surface area contributed by atoms with Gasteiger partial charge in [0.05, 0.1) is 38.8 Å². The molecule has 3 amide bonds. The molecule has 0 bridgehead atoms. The zero-order chi connectivity index (χ0) is 39.3. The van der Waals surface area contributed by atoms with E-state index in [9.17, 15) is 33.6 Å². The third kappa shape index (κ3) is 12.4. The Kier molecular flexibility index (Phi) is 14.6. The largest absolute Gasteiger partial charge is 0.467 e. The summed E-state index contributed by atoms with van der Waals surface area (Å²) < 4.78 is 16.4. The summed E-state index contributed by atoms with van der Waals surface area (Å²) >= 11 is 0. The van der Waals surface area contributed by atoms with Crippen LogP contribution in [0.5, 0.6) is 0 Å². The van der Waals surface area contributed by atoms with Crippen LogP contribution in [0.3, 0.4) is 0 Å². The monoisotopic (exact) mass is 748 g/mol. The summed E-state index contributed by atoms with van der Waals surface area (Å²) in [5.41, 5.74) is 6.64. The first-order valence-electron chi connectivity index (χ1n) is 17.3. The van der Waals surface area contributed by atoms with E-state index in [0.717, 1.165) is 4.90 Å². The summed E-state index contributed by atoms with van der Waals surface area (Å²) in [5.74, 6) is -3.26. The van der Waals surface area contributed by atoms with Gasteiger partial charge in [-0.05, 0) is 57.4 Å². The number of hydrogen-bond donors (Lipinski definition) is 4. The molecule has 288 valence electrons. The molecule has 2 aromatic heterocycles. The lowest BCUT2D eigenvalue weighted by Gasteiger charge is -2.25. The zero-order valence-electron chi connectivity index (χ0n) is 30.3. The van der Waals surface area contributed by atoms with E-state index in [0.29, 0.717) is 24.2 Å². The van der Waals surface area contributed by atoms with Gasteiger partial charge in [0.15, 0.2) is 17.0 Å². The van der Waals surface area contributed by atoms with Crippen molar-refractivity contribution in [2.75, 3.05) is 37.9 Å². The molecule has 54 heavy (non-hydrogen) atoms. The third-order valence-corrected chi connectivity index (χ3v) is 8.22. The first kappa shape index (κ1) is 40.9. The quantitative estimate of drug-likeness (QED) is 0.0494. The van der Waals surface area contributed by atoms with Gasteiger partial charge in [-0.2, -0.15) is 4.98 Å². The Labute approximate surface area is 310 Å². The summed E-state index contributed by atoms with van der Waals surface area (Å²) in [6, 6.07) is 5.41. The molecule has 3 heterocycles. The van der Waals surface area contributed by atoms with E-state index in [1.807, 2.05) is 0 Å². The number of rotatable bonds is 22. The topological polar surface area (TPSA) is 255 Å². The molecule has 1 aliphatic heterocycles. The van der Waals surface area contributed by atoms with Crippen molar-refractivity contribution < 1.29 is 43.0 Å². The number of nitrogen functional groups attached to an aromatic ring is 1. The van der Waals surface area contributed by atoms with Gasteiger partial charge >= 0.3 is 5.97 Å². The van der Waals surface area contributed by atoms with Crippen LogP contribution in [0.25, 0.3) is 11.2 Å². The maximum Gasteiger partial charge on any atom is 0.328 e. The smallest absolute Gasteiger partial charge is 0.328 e. The molecule has 0 aliphatic carbocycles. The lowest BCUT2D eigenvalue weighted by molar-refractivity contribution is -0.214. The van der Waals surface area contributed by atoms with Crippen molar-refractivity contribution in [3.8, 4) is 0 Å². The molecule has 1 atom stereocenters. The highest BCUT2D eigenvalue weighted by atomic mass is 16.7. The summed E-state index contributed by atoms with van der Waals surface area (Å²) in [6.07, 6.45) is 5.25.